The Labute approximate surface area is 133 Å². The van der Waals surface area contributed by atoms with Gasteiger partial charge in [-0.15, -0.1) is 0 Å². The molecule has 0 aliphatic carbocycles. The van der Waals surface area contributed by atoms with Crippen molar-refractivity contribution in [3.63, 3.8) is 0 Å². The zero-order valence-electron chi connectivity index (χ0n) is 14.1. The SMILES string of the molecule is CC(C)C(O)CCNC(=O)Nc1ccccc1OC(C)(C)C. The van der Waals surface area contributed by atoms with Gasteiger partial charge < -0.3 is 20.5 Å². The topological polar surface area (TPSA) is 70.6 Å². The molecule has 0 fully saturated rings. The van der Waals surface area contributed by atoms with Crippen LogP contribution in [0.25, 0.3) is 0 Å². The maximum absolute atomic E-state index is 11.9. The Hall–Kier alpha value is -1.75. The molecular formula is C17H28N2O3. The van der Waals surface area contributed by atoms with Gasteiger partial charge in [0.2, 0.25) is 0 Å². The fraction of sp³-hybridized carbons (Fsp3) is 0.588. The minimum Gasteiger partial charge on any atom is -0.486 e. The van der Waals surface area contributed by atoms with Crippen molar-refractivity contribution in [1.82, 2.24) is 5.32 Å². The molecule has 1 aromatic carbocycles. The Morgan fingerprint density at radius 1 is 1.27 bits per heavy atom. The number of aliphatic hydroxyl groups is 1. The van der Waals surface area contributed by atoms with Gasteiger partial charge in [-0.25, -0.2) is 4.79 Å². The van der Waals surface area contributed by atoms with Crippen molar-refractivity contribution < 1.29 is 14.6 Å². The van der Waals surface area contributed by atoms with Crippen LogP contribution in [0.4, 0.5) is 10.5 Å². The number of carbonyl (C=O) groups excluding carboxylic acids is 1. The number of para-hydroxylation sites is 2. The molecule has 1 unspecified atom stereocenters. The van der Waals surface area contributed by atoms with Gasteiger partial charge >= 0.3 is 6.03 Å². The normalized spacial score (nSPS) is 12.9. The molecule has 0 heterocycles. The van der Waals surface area contributed by atoms with Crippen LogP contribution in [-0.2, 0) is 0 Å². The van der Waals surface area contributed by atoms with Crippen LogP contribution >= 0.6 is 0 Å². The lowest BCUT2D eigenvalue weighted by Gasteiger charge is -2.23. The van der Waals surface area contributed by atoms with Gasteiger partial charge in [0.15, 0.2) is 0 Å². The lowest BCUT2D eigenvalue weighted by atomic mass is 10.0. The number of carbonyl (C=O) groups is 1. The molecule has 1 aromatic rings. The molecule has 0 aliphatic rings. The minimum absolute atomic E-state index is 0.186. The Morgan fingerprint density at radius 2 is 1.91 bits per heavy atom. The molecule has 2 amide bonds. The first kappa shape index (κ1) is 18.3. The van der Waals surface area contributed by atoms with Crippen molar-refractivity contribution in [3.8, 4) is 5.75 Å². The number of hydrogen-bond donors (Lipinski definition) is 3. The van der Waals surface area contributed by atoms with Crippen LogP contribution in [0.3, 0.4) is 0 Å². The average Bonchev–Trinajstić information content (AvgIpc) is 2.39. The van der Waals surface area contributed by atoms with E-state index in [4.69, 9.17) is 4.74 Å². The van der Waals surface area contributed by atoms with E-state index in [-0.39, 0.29) is 17.6 Å². The molecule has 1 rings (SSSR count). The zero-order chi connectivity index (χ0) is 16.8. The number of hydrogen-bond acceptors (Lipinski definition) is 3. The first-order valence-corrected chi connectivity index (χ1v) is 7.70. The molecule has 124 valence electrons. The highest BCUT2D eigenvalue weighted by atomic mass is 16.5. The summed E-state index contributed by atoms with van der Waals surface area (Å²) in [5.41, 5.74) is 0.287. The third-order valence-corrected chi connectivity index (χ3v) is 3.05. The highest BCUT2D eigenvalue weighted by molar-refractivity contribution is 5.90. The third-order valence-electron chi connectivity index (χ3n) is 3.05. The van der Waals surface area contributed by atoms with E-state index in [0.717, 1.165) is 0 Å². The van der Waals surface area contributed by atoms with E-state index in [1.807, 2.05) is 52.8 Å². The van der Waals surface area contributed by atoms with E-state index in [1.165, 1.54) is 0 Å². The monoisotopic (exact) mass is 308 g/mol. The maximum atomic E-state index is 11.9. The highest BCUT2D eigenvalue weighted by Gasteiger charge is 2.15. The van der Waals surface area contributed by atoms with Crippen LogP contribution in [-0.4, -0.2) is 29.4 Å². The highest BCUT2D eigenvalue weighted by Crippen LogP contribution is 2.27. The van der Waals surface area contributed by atoms with E-state index >= 15 is 0 Å². The van der Waals surface area contributed by atoms with Crippen LogP contribution in [0.2, 0.25) is 0 Å². The predicted octanol–water partition coefficient (Wildman–Crippen LogP) is 3.39. The summed E-state index contributed by atoms with van der Waals surface area (Å²) in [6.07, 6.45) is 0.127. The summed E-state index contributed by atoms with van der Waals surface area (Å²) >= 11 is 0. The summed E-state index contributed by atoms with van der Waals surface area (Å²) in [5.74, 6) is 0.818. The average molecular weight is 308 g/mol. The molecule has 0 radical (unpaired) electrons. The summed E-state index contributed by atoms with van der Waals surface area (Å²) in [7, 11) is 0. The van der Waals surface area contributed by atoms with Crippen LogP contribution in [0.5, 0.6) is 5.75 Å². The van der Waals surface area contributed by atoms with Gasteiger partial charge in [-0.3, -0.25) is 0 Å². The Morgan fingerprint density at radius 3 is 2.50 bits per heavy atom. The fourth-order valence-corrected chi connectivity index (χ4v) is 1.82. The summed E-state index contributed by atoms with van der Waals surface area (Å²) < 4.78 is 5.83. The largest absolute Gasteiger partial charge is 0.486 e. The van der Waals surface area contributed by atoms with Crippen molar-refractivity contribution in [3.05, 3.63) is 24.3 Å². The van der Waals surface area contributed by atoms with Crippen molar-refractivity contribution in [2.24, 2.45) is 5.92 Å². The molecule has 0 aromatic heterocycles. The molecule has 5 heteroatoms. The summed E-state index contributed by atoms with van der Waals surface area (Å²) in [5, 5.41) is 15.2. The Bertz CT molecular complexity index is 481. The van der Waals surface area contributed by atoms with Gasteiger partial charge in [0, 0.05) is 6.54 Å². The van der Waals surface area contributed by atoms with Crippen molar-refractivity contribution in [1.29, 1.82) is 0 Å². The van der Waals surface area contributed by atoms with Crippen LogP contribution in [0.15, 0.2) is 24.3 Å². The second-order valence-electron chi connectivity index (χ2n) is 6.69. The Balaban J connectivity index is 2.54. The van der Waals surface area contributed by atoms with Gasteiger partial charge in [0.1, 0.15) is 11.4 Å². The second kappa shape index (κ2) is 8.03. The second-order valence-corrected chi connectivity index (χ2v) is 6.69. The lowest BCUT2D eigenvalue weighted by molar-refractivity contribution is 0.117. The third kappa shape index (κ3) is 6.80. The van der Waals surface area contributed by atoms with E-state index in [9.17, 15) is 9.90 Å². The first-order valence-electron chi connectivity index (χ1n) is 7.70. The van der Waals surface area contributed by atoms with Crippen molar-refractivity contribution in [2.45, 2.75) is 52.7 Å². The van der Waals surface area contributed by atoms with E-state index in [1.54, 1.807) is 6.07 Å². The van der Waals surface area contributed by atoms with Crippen LogP contribution in [0, 0.1) is 5.92 Å². The number of rotatable bonds is 6. The van der Waals surface area contributed by atoms with Gasteiger partial charge in [0.05, 0.1) is 11.8 Å². The molecule has 0 aliphatic heterocycles. The number of urea groups is 1. The predicted molar refractivity (Wildman–Crippen MR) is 89.3 cm³/mol. The van der Waals surface area contributed by atoms with Gasteiger partial charge in [-0.1, -0.05) is 26.0 Å². The van der Waals surface area contributed by atoms with Crippen molar-refractivity contribution >= 4 is 11.7 Å². The number of nitrogens with one attached hydrogen (secondary N) is 2. The summed E-state index contributed by atoms with van der Waals surface area (Å²) in [6, 6.07) is 7.02. The standard InChI is InChI=1S/C17H28N2O3/c1-12(2)14(20)10-11-18-16(21)19-13-8-6-7-9-15(13)22-17(3,4)5/h6-9,12,14,20H,10-11H2,1-5H3,(H2,18,19,21). The molecule has 0 saturated heterocycles. The number of aliphatic hydroxyl groups excluding tert-OH is 1. The fourth-order valence-electron chi connectivity index (χ4n) is 1.82. The summed E-state index contributed by atoms with van der Waals surface area (Å²) in [6.45, 7) is 10.2. The quantitative estimate of drug-likeness (QED) is 0.754. The molecule has 1 atom stereocenters. The molecule has 3 N–H and O–H groups in total. The van der Waals surface area contributed by atoms with Crippen molar-refractivity contribution in [2.75, 3.05) is 11.9 Å². The first-order chi connectivity index (χ1) is 10.2. The molecule has 22 heavy (non-hydrogen) atoms. The van der Waals surface area contributed by atoms with E-state index < -0.39 is 6.10 Å². The van der Waals surface area contributed by atoms with Gasteiger partial charge in [-0.05, 0) is 45.2 Å². The minimum atomic E-state index is -0.406. The van der Waals surface area contributed by atoms with Gasteiger partial charge in [-0.2, -0.15) is 0 Å². The Kier molecular flexibility index (Phi) is 6.68. The number of benzene rings is 1. The molecular weight excluding hydrogens is 280 g/mol. The maximum Gasteiger partial charge on any atom is 0.319 e. The molecule has 0 bridgehead atoms. The van der Waals surface area contributed by atoms with E-state index in [0.29, 0.717) is 24.4 Å². The number of amides is 2. The van der Waals surface area contributed by atoms with Crippen LogP contribution < -0.4 is 15.4 Å². The lowest BCUT2D eigenvalue weighted by Crippen LogP contribution is -2.32. The number of ether oxygens (including phenoxy) is 1. The zero-order valence-corrected chi connectivity index (χ0v) is 14.1. The van der Waals surface area contributed by atoms with Crippen LogP contribution in [0.1, 0.15) is 41.0 Å². The smallest absolute Gasteiger partial charge is 0.319 e. The van der Waals surface area contributed by atoms with Gasteiger partial charge in [0.25, 0.3) is 0 Å². The summed E-state index contributed by atoms with van der Waals surface area (Å²) in [4.78, 5) is 11.9. The molecule has 0 saturated carbocycles. The molecule has 5 nitrogen and oxygen atoms in total. The number of anilines is 1. The van der Waals surface area contributed by atoms with E-state index in [2.05, 4.69) is 10.6 Å². The molecule has 0 spiro atoms.